The number of rotatable bonds is 11. The van der Waals surface area contributed by atoms with Crippen LogP contribution in [0.5, 0.6) is 0 Å². The Hall–Kier alpha value is -1.81. The predicted molar refractivity (Wildman–Crippen MR) is 76.9 cm³/mol. The van der Waals surface area contributed by atoms with E-state index in [9.17, 15) is 24.3 Å². The van der Waals surface area contributed by atoms with Crippen LogP contribution < -0.4 is 5.73 Å². The Bertz CT molecular complexity index is 448. The number of hydrogen-bond donors (Lipinski definition) is 6. The van der Waals surface area contributed by atoms with Crippen LogP contribution in [-0.4, -0.2) is 54.6 Å². The zero-order valence-electron chi connectivity index (χ0n) is 11.7. The Morgan fingerprint density at radius 3 is 1.36 bits per heavy atom. The fourth-order valence-electron chi connectivity index (χ4n) is 2.04. The van der Waals surface area contributed by atoms with Crippen molar-refractivity contribution in [1.29, 1.82) is 0 Å². The first-order valence-electron chi connectivity index (χ1n) is 6.34. The smallest absolute Gasteiger partial charge is 0.325 e. The van der Waals surface area contributed by atoms with Gasteiger partial charge in [0.15, 0.2) is 0 Å². The first-order valence-corrected chi connectivity index (χ1v) is 6.79. The number of carboxylic acid groups (broad SMARTS) is 4. The standard InChI is InChI=1S/C12H19NO8S/c13-12(10(20)21,6-3-9(18)19)11(22,4-1-7(14)15)5-2-8(16)17/h22H,1-6,13H2,(H,14,15)(H,16,17)(H,18,19)(H,20,21)/t12-/m1/s1. The van der Waals surface area contributed by atoms with Crippen molar-refractivity contribution in [2.45, 2.75) is 48.8 Å². The van der Waals surface area contributed by atoms with Gasteiger partial charge < -0.3 is 26.2 Å². The number of aliphatic carboxylic acids is 4. The van der Waals surface area contributed by atoms with Gasteiger partial charge in [0.1, 0.15) is 5.54 Å². The second-order valence-electron chi connectivity index (χ2n) is 4.99. The van der Waals surface area contributed by atoms with Gasteiger partial charge in [-0.3, -0.25) is 19.2 Å². The van der Waals surface area contributed by atoms with Crippen molar-refractivity contribution >= 4 is 36.5 Å². The van der Waals surface area contributed by atoms with E-state index in [4.69, 9.17) is 21.1 Å². The largest absolute Gasteiger partial charge is 0.481 e. The molecule has 1 atom stereocenters. The van der Waals surface area contributed by atoms with Gasteiger partial charge in [-0.25, -0.2) is 0 Å². The molecule has 0 aromatic heterocycles. The average Bonchev–Trinajstić information content (AvgIpc) is 2.39. The van der Waals surface area contributed by atoms with Crippen LogP contribution in [0, 0.1) is 0 Å². The van der Waals surface area contributed by atoms with Gasteiger partial charge in [-0.15, -0.1) is 0 Å². The maximum atomic E-state index is 11.5. The van der Waals surface area contributed by atoms with Crippen molar-refractivity contribution < 1.29 is 39.6 Å². The first kappa shape index (κ1) is 20.2. The molecule has 22 heavy (non-hydrogen) atoms. The quantitative estimate of drug-likeness (QED) is 0.284. The Balaban J connectivity index is 5.50. The molecule has 0 aromatic rings. The Morgan fingerprint density at radius 1 is 0.773 bits per heavy atom. The molecule has 0 fully saturated rings. The summed E-state index contributed by atoms with van der Waals surface area (Å²) in [6, 6.07) is 0. The Labute approximate surface area is 131 Å². The van der Waals surface area contributed by atoms with Crippen LogP contribution in [0.2, 0.25) is 0 Å². The molecule has 0 heterocycles. The lowest BCUT2D eigenvalue weighted by Crippen LogP contribution is -2.63. The Kier molecular flexibility index (Phi) is 7.33. The summed E-state index contributed by atoms with van der Waals surface area (Å²) in [6.45, 7) is 0. The van der Waals surface area contributed by atoms with Gasteiger partial charge in [-0.2, -0.15) is 12.6 Å². The summed E-state index contributed by atoms with van der Waals surface area (Å²) in [7, 11) is 0. The van der Waals surface area contributed by atoms with Crippen LogP contribution in [0.25, 0.3) is 0 Å². The number of carboxylic acids is 4. The van der Waals surface area contributed by atoms with E-state index in [1.165, 1.54) is 0 Å². The van der Waals surface area contributed by atoms with Crippen molar-refractivity contribution in [3.63, 3.8) is 0 Å². The minimum Gasteiger partial charge on any atom is -0.481 e. The van der Waals surface area contributed by atoms with E-state index in [1.807, 2.05) is 0 Å². The van der Waals surface area contributed by atoms with E-state index in [0.29, 0.717) is 0 Å². The normalized spacial score (nSPS) is 14.1. The third-order valence-corrected chi connectivity index (χ3v) is 4.30. The van der Waals surface area contributed by atoms with Gasteiger partial charge in [0, 0.05) is 24.0 Å². The van der Waals surface area contributed by atoms with Crippen molar-refractivity contribution in [2.75, 3.05) is 0 Å². The minimum absolute atomic E-state index is 0.304. The highest BCUT2D eigenvalue weighted by Crippen LogP contribution is 2.39. The van der Waals surface area contributed by atoms with Gasteiger partial charge in [-0.05, 0) is 19.3 Å². The molecule has 10 heteroatoms. The molecular formula is C12H19NO8S. The second-order valence-corrected chi connectivity index (χ2v) is 5.85. The van der Waals surface area contributed by atoms with Crippen molar-refractivity contribution in [1.82, 2.24) is 0 Å². The summed E-state index contributed by atoms with van der Waals surface area (Å²) in [5, 5.41) is 35.5. The van der Waals surface area contributed by atoms with Gasteiger partial charge in [-0.1, -0.05) is 0 Å². The highest BCUT2D eigenvalue weighted by Gasteiger charge is 2.52. The minimum atomic E-state index is -2.17. The predicted octanol–water partition coefficient (Wildman–Crippen LogP) is 0.0315. The van der Waals surface area contributed by atoms with Crippen molar-refractivity contribution in [2.24, 2.45) is 5.73 Å². The average molecular weight is 337 g/mol. The molecule has 0 aliphatic rings. The van der Waals surface area contributed by atoms with E-state index in [0.717, 1.165) is 0 Å². The lowest BCUT2D eigenvalue weighted by molar-refractivity contribution is -0.148. The topological polar surface area (TPSA) is 175 Å². The van der Waals surface area contributed by atoms with Gasteiger partial charge in [0.2, 0.25) is 0 Å². The van der Waals surface area contributed by atoms with Crippen LogP contribution in [-0.2, 0) is 19.2 Å². The van der Waals surface area contributed by atoms with E-state index < -0.39 is 59.8 Å². The molecule has 0 aliphatic heterocycles. The van der Waals surface area contributed by atoms with E-state index in [2.05, 4.69) is 12.6 Å². The number of nitrogens with two attached hydrogens (primary N) is 1. The highest BCUT2D eigenvalue weighted by molar-refractivity contribution is 7.82. The summed E-state index contributed by atoms with van der Waals surface area (Å²) in [5.41, 5.74) is 3.65. The van der Waals surface area contributed by atoms with E-state index >= 15 is 0 Å². The van der Waals surface area contributed by atoms with E-state index in [1.54, 1.807) is 0 Å². The van der Waals surface area contributed by atoms with Crippen molar-refractivity contribution in [3.8, 4) is 0 Å². The van der Waals surface area contributed by atoms with Gasteiger partial charge in [0.25, 0.3) is 0 Å². The summed E-state index contributed by atoms with van der Waals surface area (Å²) >= 11 is 4.16. The van der Waals surface area contributed by atoms with Crippen LogP contribution in [0.3, 0.4) is 0 Å². The molecule has 0 unspecified atom stereocenters. The molecule has 126 valence electrons. The van der Waals surface area contributed by atoms with Gasteiger partial charge in [0.05, 0.1) is 0 Å². The molecule has 0 rings (SSSR count). The summed E-state index contributed by atoms with van der Waals surface area (Å²) in [4.78, 5) is 43.6. The number of thiol groups is 1. The van der Waals surface area contributed by atoms with Crippen LogP contribution >= 0.6 is 12.6 Å². The van der Waals surface area contributed by atoms with E-state index in [-0.39, 0.29) is 12.8 Å². The molecule has 0 amide bonds. The lowest BCUT2D eigenvalue weighted by Gasteiger charge is -2.42. The summed E-state index contributed by atoms with van der Waals surface area (Å²) in [5.74, 6) is -5.28. The SMILES string of the molecule is N[C@](CCC(=O)O)(C(=O)O)C(S)(CCC(=O)O)CCC(=O)O. The van der Waals surface area contributed by atoms with Crippen molar-refractivity contribution in [3.05, 3.63) is 0 Å². The fraction of sp³-hybridized carbons (Fsp3) is 0.667. The number of hydrogen-bond acceptors (Lipinski definition) is 6. The summed E-state index contributed by atoms with van der Waals surface area (Å²) < 4.78 is -1.68. The van der Waals surface area contributed by atoms with Crippen LogP contribution in [0.1, 0.15) is 38.5 Å². The maximum absolute atomic E-state index is 11.5. The molecule has 0 saturated carbocycles. The van der Waals surface area contributed by atoms with Crippen LogP contribution in [0.15, 0.2) is 0 Å². The fourth-order valence-corrected chi connectivity index (χ4v) is 2.47. The molecule has 0 saturated heterocycles. The molecule has 0 radical (unpaired) electrons. The zero-order chi connectivity index (χ0) is 17.6. The molecule has 0 aromatic carbocycles. The maximum Gasteiger partial charge on any atom is 0.325 e. The molecular weight excluding hydrogens is 318 g/mol. The molecule has 0 aliphatic carbocycles. The summed E-state index contributed by atoms with van der Waals surface area (Å²) in [6.07, 6.45) is -2.61. The molecule has 9 nitrogen and oxygen atoms in total. The van der Waals surface area contributed by atoms with Crippen LogP contribution in [0.4, 0.5) is 0 Å². The zero-order valence-corrected chi connectivity index (χ0v) is 12.6. The molecule has 0 bridgehead atoms. The second kappa shape index (κ2) is 7.99. The highest BCUT2D eigenvalue weighted by atomic mass is 32.1. The lowest BCUT2D eigenvalue weighted by atomic mass is 9.74. The number of carbonyl (C=O) groups is 4. The molecule has 6 N–H and O–H groups in total. The third kappa shape index (κ3) is 5.53. The monoisotopic (exact) mass is 337 g/mol. The third-order valence-electron chi connectivity index (χ3n) is 3.45. The molecule has 0 spiro atoms. The Morgan fingerprint density at radius 2 is 1.09 bits per heavy atom. The first-order chi connectivity index (χ1) is 9.94. The van der Waals surface area contributed by atoms with Gasteiger partial charge >= 0.3 is 23.9 Å².